The van der Waals surface area contributed by atoms with Crippen molar-refractivity contribution in [3.63, 3.8) is 0 Å². The molecule has 3 heteroatoms. The molecule has 0 amide bonds. The molecule has 2 aromatic carbocycles. The Morgan fingerprint density at radius 3 is 1.79 bits per heavy atom. The molecule has 2 aromatic rings. The Labute approximate surface area is 145 Å². The van der Waals surface area contributed by atoms with Crippen LogP contribution in [0.25, 0.3) is 0 Å². The van der Waals surface area contributed by atoms with Crippen LogP contribution in [0, 0.1) is 5.92 Å². The topological polar surface area (TPSA) is 32.7 Å². The first-order valence-corrected chi connectivity index (χ1v) is 8.69. The molecule has 0 saturated carbocycles. The fraction of sp³-hybridized carbons (Fsp3) is 0.429. The van der Waals surface area contributed by atoms with E-state index in [1.54, 1.807) is 0 Å². The van der Waals surface area contributed by atoms with E-state index in [1.165, 1.54) is 11.1 Å². The third-order valence-corrected chi connectivity index (χ3v) is 3.73. The quantitative estimate of drug-likeness (QED) is 0.722. The van der Waals surface area contributed by atoms with E-state index in [4.69, 9.17) is 4.74 Å². The van der Waals surface area contributed by atoms with Crippen LogP contribution in [-0.2, 0) is 17.8 Å². The zero-order chi connectivity index (χ0) is 17.2. The fourth-order valence-electron chi connectivity index (χ4n) is 2.66. The standard InChI is InChI=1S/C21H29NO2/c1-18(2)16-24-17-21(23)15-22(13-19-9-5-3-6-10-19)14-20-11-7-4-8-12-20/h3-12,18,21,23H,13-17H2,1-2H3. The number of aliphatic hydroxyl groups excluding tert-OH is 1. The van der Waals surface area contributed by atoms with Gasteiger partial charge in [0.05, 0.1) is 12.7 Å². The summed E-state index contributed by atoms with van der Waals surface area (Å²) in [6.45, 7) is 7.54. The minimum Gasteiger partial charge on any atom is -0.389 e. The number of nitrogens with zero attached hydrogens (tertiary/aromatic N) is 1. The Morgan fingerprint density at radius 1 is 0.833 bits per heavy atom. The second kappa shape index (κ2) is 10.2. The predicted molar refractivity (Wildman–Crippen MR) is 98.7 cm³/mol. The summed E-state index contributed by atoms with van der Waals surface area (Å²) in [7, 11) is 0. The van der Waals surface area contributed by atoms with Crippen LogP contribution in [0.3, 0.4) is 0 Å². The number of ether oxygens (including phenoxy) is 1. The lowest BCUT2D eigenvalue weighted by Crippen LogP contribution is -2.34. The van der Waals surface area contributed by atoms with Gasteiger partial charge in [-0.25, -0.2) is 0 Å². The van der Waals surface area contributed by atoms with E-state index in [-0.39, 0.29) is 0 Å². The normalized spacial score (nSPS) is 12.7. The van der Waals surface area contributed by atoms with Gasteiger partial charge in [0.25, 0.3) is 0 Å². The SMILES string of the molecule is CC(C)COCC(O)CN(Cc1ccccc1)Cc1ccccc1. The maximum Gasteiger partial charge on any atom is 0.0900 e. The zero-order valence-electron chi connectivity index (χ0n) is 14.8. The summed E-state index contributed by atoms with van der Waals surface area (Å²) in [5.74, 6) is 0.488. The fourth-order valence-corrected chi connectivity index (χ4v) is 2.66. The van der Waals surface area contributed by atoms with Crippen molar-refractivity contribution in [2.75, 3.05) is 19.8 Å². The second-order valence-electron chi connectivity index (χ2n) is 6.73. The molecule has 2 rings (SSSR count). The number of aliphatic hydroxyl groups is 1. The minimum atomic E-state index is -0.476. The van der Waals surface area contributed by atoms with Gasteiger partial charge in [-0.15, -0.1) is 0 Å². The van der Waals surface area contributed by atoms with Gasteiger partial charge in [0.2, 0.25) is 0 Å². The van der Waals surface area contributed by atoms with Crippen LogP contribution in [0.1, 0.15) is 25.0 Å². The van der Waals surface area contributed by atoms with Gasteiger partial charge in [-0.1, -0.05) is 74.5 Å². The summed E-state index contributed by atoms with van der Waals surface area (Å²) in [5.41, 5.74) is 2.51. The molecule has 0 aromatic heterocycles. The van der Waals surface area contributed by atoms with Gasteiger partial charge in [0.1, 0.15) is 0 Å². The van der Waals surface area contributed by atoms with Gasteiger partial charge in [0.15, 0.2) is 0 Å². The van der Waals surface area contributed by atoms with Crippen molar-refractivity contribution in [2.45, 2.75) is 33.0 Å². The zero-order valence-corrected chi connectivity index (χ0v) is 14.8. The van der Waals surface area contributed by atoms with Gasteiger partial charge >= 0.3 is 0 Å². The number of hydrogen-bond donors (Lipinski definition) is 1. The van der Waals surface area contributed by atoms with Crippen molar-refractivity contribution in [3.8, 4) is 0 Å². The monoisotopic (exact) mass is 327 g/mol. The molecule has 0 fully saturated rings. The van der Waals surface area contributed by atoms with E-state index in [2.05, 4.69) is 67.3 Å². The smallest absolute Gasteiger partial charge is 0.0900 e. The first-order valence-electron chi connectivity index (χ1n) is 8.69. The van der Waals surface area contributed by atoms with Crippen molar-refractivity contribution < 1.29 is 9.84 Å². The molecule has 0 bridgehead atoms. The Bertz CT molecular complexity index is 515. The van der Waals surface area contributed by atoms with E-state index in [1.807, 2.05) is 12.1 Å². The Hall–Kier alpha value is -1.68. The minimum absolute atomic E-state index is 0.387. The molecular formula is C21H29NO2. The highest BCUT2D eigenvalue weighted by Crippen LogP contribution is 2.11. The van der Waals surface area contributed by atoms with Gasteiger partial charge in [-0.05, 0) is 17.0 Å². The summed E-state index contributed by atoms with van der Waals surface area (Å²) in [6.07, 6.45) is -0.476. The third kappa shape index (κ3) is 7.26. The van der Waals surface area contributed by atoms with Gasteiger partial charge in [0, 0.05) is 26.2 Å². The molecule has 0 radical (unpaired) electrons. The molecule has 0 saturated heterocycles. The van der Waals surface area contributed by atoms with E-state index >= 15 is 0 Å². The number of benzene rings is 2. The summed E-state index contributed by atoms with van der Waals surface area (Å²) in [6, 6.07) is 20.8. The highest BCUT2D eigenvalue weighted by molar-refractivity contribution is 5.17. The maximum absolute atomic E-state index is 10.3. The lowest BCUT2D eigenvalue weighted by atomic mass is 10.1. The lowest BCUT2D eigenvalue weighted by Gasteiger charge is -2.25. The Kier molecular flexibility index (Phi) is 7.96. The molecule has 1 unspecified atom stereocenters. The van der Waals surface area contributed by atoms with E-state index in [0.717, 1.165) is 13.1 Å². The van der Waals surface area contributed by atoms with E-state index < -0.39 is 6.10 Å². The van der Waals surface area contributed by atoms with Gasteiger partial charge in [-0.2, -0.15) is 0 Å². The maximum atomic E-state index is 10.3. The van der Waals surface area contributed by atoms with Crippen molar-refractivity contribution in [1.29, 1.82) is 0 Å². The second-order valence-corrected chi connectivity index (χ2v) is 6.73. The summed E-state index contributed by atoms with van der Waals surface area (Å²) >= 11 is 0. The average Bonchev–Trinajstić information content (AvgIpc) is 2.56. The van der Waals surface area contributed by atoms with Crippen LogP contribution in [0.4, 0.5) is 0 Å². The molecule has 0 heterocycles. The molecule has 1 atom stereocenters. The lowest BCUT2D eigenvalue weighted by molar-refractivity contribution is 0.00554. The van der Waals surface area contributed by atoms with E-state index in [0.29, 0.717) is 25.7 Å². The first-order chi connectivity index (χ1) is 11.6. The van der Waals surface area contributed by atoms with Crippen LogP contribution in [0.5, 0.6) is 0 Å². The van der Waals surface area contributed by atoms with Crippen LogP contribution in [0.2, 0.25) is 0 Å². The Balaban J connectivity index is 1.94. The highest BCUT2D eigenvalue weighted by atomic mass is 16.5. The van der Waals surface area contributed by atoms with Crippen LogP contribution < -0.4 is 0 Å². The molecule has 0 aliphatic heterocycles. The molecule has 0 aliphatic rings. The highest BCUT2D eigenvalue weighted by Gasteiger charge is 2.13. The molecule has 130 valence electrons. The largest absolute Gasteiger partial charge is 0.389 e. The molecule has 1 N–H and O–H groups in total. The Morgan fingerprint density at radius 2 is 1.33 bits per heavy atom. The van der Waals surface area contributed by atoms with Crippen molar-refractivity contribution >= 4 is 0 Å². The summed E-state index contributed by atoms with van der Waals surface area (Å²) < 4.78 is 5.58. The van der Waals surface area contributed by atoms with Crippen molar-refractivity contribution in [1.82, 2.24) is 4.90 Å². The van der Waals surface area contributed by atoms with Crippen molar-refractivity contribution in [2.24, 2.45) is 5.92 Å². The molecule has 0 spiro atoms. The van der Waals surface area contributed by atoms with Crippen LogP contribution in [0.15, 0.2) is 60.7 Å². The summed E-state index contributed by atoms with van der Waals surface area (Å²) in [4.78, 5) is 2.27. The molecule has 24 heavy (non-hydrogen) atoms. The van der Waals surface area contributed by atoms with Gasteiger partial charge in [-0.3, -0.25) is 4.90 Å². The molecular weight excluding hydrogens is 298 g/mol. The van der Waals surface area contributed by atoms with Crippen LogP contribution in [-0.4, -0.2) is 35.9 Å². The third-order valence-electron chi connectivity index (χ3n) is 3.73. The van der Waals surface area contributed by atoms with Crippen molar-refractivity contribution in [3.05, 3.63) is 71.8 Å². The number of rotatable bonds is 10. The molecule has 0 aliphatic carbocycles. The first kappa shape index (κ1) is 18.7. The van der Waals surface area contributed by atoms with Crippen LogP contribution >= 0.6 is 0 Å². The number of hydrogen-bond acceptors (Lipinski definition) is 3. The van der Waals surface area contributed by atoms with E-state index in [9.17, 15) is 5.11 Å². The van der Waals surface area contributed by atoms with Gasteiger partial charge < -0.3 is 9.84 Å². The predicted octanol–water partition coefficient (Wildman–Crippen LogP) is 3.72. The summed E-state index contributed by atoms with van der Waals surface area (Å²) in [5, 5.41) is 10.3. The molecule has 3 nitrogen and oxygen atoms in total. The average molecular weight is 327 g/mol.